The minimum absolute atomic E-state index is 0.0364. The van der Waals surface area contributed by atoms with Crippen LogP contribution >= 0.6 is 0 Å². The molecule has 0 fully saturated rings. The molecule has 0 N–H and O–H groups in total. The summed E-state index contributed by atoms with van der Waals surface area (Å²) < 4.78 is 7.03. The van der Waals surface area contributed by atoms with E-state index in [1.165, 1.54) is 5.57 Å². The number of Topliss-reactive ketones (excluding diaryl/α,β-unsaturated/α-hetero) is 1. The number of hydrogen-bond acceptors (Lipinski definition) is 2. The van der Waals surface area contributed by atoms with Crippen LogP contribution in [-0.4, -0.2) is 20.2 Å². The van der Waals surface area contributed by atoms with E-state index in [1.807, 2.05) is 6.92 Å². The lowest BCUT2D eigenvalue weighted by molar-refractivity contribution is -0.127. The second-order valence-electron chi connectivity index (χ2n) is 8.90. The molecule has 0 spiro atoms. The molecular formula is C27H52O2Si. The van der Waals surface area contributed by atoms with Gasteiger partial charge in [-0.3, -0.25) is 4.79 Å². The first-order chi connectivity index (χ1) is 14.3. The van der Waals surface area contributed by atoms with E-state index in [9.17, 15) is 4.79 Å². The Labute approximate surface area is 190 Å². The third-order valence-corrected chi connectivity index (χ3v) is 11.9. The molecule has 176 valence electrons. The Morgan fingerprint density at radius 1 is 0.900 bits per heavy atom. The largest absolute Gasteiger partial charge is 0.413 e. The Kier molecular flexibility index (Phi) is 15.7. The van der Waals surface area contributed by atoms with E-state index < -0.39 is 8.32 Å². The van der Waals surface area contributed by atoms with Crippen molar-refractivity contribution >= 4 is 14.1 Å². The Morgan fingerprint density at radius 3 is 1.87 bits per heavy atom. The summed E-state index contributed by atoms with van der Waals surface area (Å²) in [5.41, 5.74) is 3.07. The van der Waals surface area contributed by atoms with Gasteiger partial charge in [0.25, 0.3) is 0 Å². The molecule has 3 heteroatoms. The zero-order chi connectivity index (χ0) is 23.2. The number of hydrogen-bond donors (Lipinski definition) is 0. The molecule has 0 saturated heterocycles. The SMILES string of the molecule is C/C=C(\CC)CC/C=C(\CC)C[C@H](C)[C@H](O[Si](CC)(CC)CC)[C@@H](CC)C(=O)CC. The topological polar surface area (TPSA) is 26.3 Å². The van der Waals surface area contributed by atoms with Gasteiger partial charge in [0, 0.05) is 12.3 Å². The Hall–Kier alpha value is -0.673. The van der Waals surface area contributed by atoms with Crippen LogP contribution in [-0.2, 0) is 9.22 Å². The van der Waals surface area contributed by atoms with Gasteiger partial charge in [0.1, 0.15) is 5.78 Å². The van der Waals surface area contributed by atoms with Crippen LogP contribution < -0.4 is 0 Å². The summed E-state index contributed by atoms with van der Waals surface area (Å²) in [6.45, 7) is 20.0. The Morgan fingerprint density at radius 2 is 1.47 bits per heavy atom. The highest BCUT2D eigenvalue weighted by molar-refractivity contribution is 6.73. The average Bonchev–Trinajstić information content (AvgIpc) is 2.78. The molecule has 0 radical (unpaired) electrons. The van der Waals surface area contributed by atoms with Crippen molar-refractivity contribution in [3.8, 4) is 0 Å². The molecule has 0 aliphatic heterocycles. The zero-order valence-corrected chi connectivity index (χ0v) is 22.8. The Balaban J connectivity index is 5.61. The number of carbonyl (C=O) groups is 1. The maximum Gasteiger partial charge on any atom is 0.192 e. The molecule has 0 amide bonds. The Bertz CT molecular complexity index is 523. The fourth-order valence-corrected chi connectivity index (χ4v) is 7.65. The molecule has 0 aliphatic rings. The van der Waals surface area contributed by atoms with Crippen LogP contribution in [0.4, 0.5) is 0 Å². The number of allylic oxidation sites excluding steroid dienone is 4. The van der Waals surface area contributed by atoms with Crippen molar-refractivity contribution in [2.45, 2.75) is 131 Å². The van der Waals surface area contributed by atoms with Gasteiger partial charge in [-0.1, -0.05) is 78.7 Å². The maximum absolute atomic E-state index is 12.8. The highest BCUT2D eigenvalue weighted by Gasteiger charge is 2.38. The summed E-state index contributed by atoms with van der Waals surface area (Å²) in [5, 5.41) is 0. The third-order valence-electron chi connectivity index (χ3n) is 7.28. The van der Waals surface area contributed by atoms with E-state index >= 15 is 0 Å². The fourth-order valence-electron chi connectivity index (χ4n) is 4.68. The lowest BCUT2D eigenvalue weighted by atomic mass is 9.82. The zero-order valence-electron chi connectivity index (χ0n) is 21.8. The smallest absolute Gasteiger partial charge is 0.192 e. The van der Waals surface area contributed by atoms with Crippen LogP contribution in [0.2, 0.25) is 18.1 Å². The summed E-state index contributed by atoms with van der Waals surface area (Å²) in [6.07, 6.45) is 11.8. The van der Waals surface area contributed by atoms with E-state index in [4.69, 9.17) is 4.43 Å². The van der Waals surface area contributed by atoms with Gasteiger partial charge in [-0.15, -0.1) is 0 Å². The van der Waals surface area contributed by atoms with Crippen LogP contribution in [0.3, 0.4) is 0 Å². The average molecular weight is 437 g/mol. The summed E-state index contributed by atoms with van der Waals surface area (Å²) in [5.74, 6) is 0.790. The molecule has 0 heterocycles. The van der Waals surface area contributed by atoms with Crippen LogP contribution in [0, 0.1) is 11.8 Å². The molecule has 0 aliphatic carbocycles. The molecule has 2 nitrogen and oxygen atoms in total. The van der Waals surface area contributed by atoms with Crippen LogP contribution in [0.1, 0.15) is 107 Å². The van der Waals surface area contributed by atoms with Crippen LogP contribution in [0.25, 0.3) is 0 Å². The molecule has 0 saturated carbocycles. The van der Waals surface area contributed by atoms with E-state index in [0.29, 0.717) is 18.1 Å². The predicted octanol–water partition coefficient (Wildman–Crippen LogP) is 8.88. The first-order valence-corrected chi connectivity index (χ1v) is 15.4. The molecule has 30 heavy (non-hydrogen) atoms. The van der Waals surface area contributed by atoms with Gasteiger partial charge in [-0.25, -0.2) is 0 Å². The number of ketones is 1. The van der Waals surface area contributed by atoms with Crippen LogP contribution in [0.15, 0.2) is 23.3 Å². The van der Waals surface area contributed by atoms with Gasteiger partial charge in [-0.05, 0) is 69.5 Å². The fraction of sp³-hybridized carbons (Fsp3) is 0.815. The quantitative estimate of drug-likeness (QED) is 0.168. The predicted molar refractivity (Wildman–Crippen MR) is 137 cm³/mol. The van der Waals surface area contributed by atoms with Crippen LogP contribution in [0.5, 0.6) is 0 Å². The van der Waals surface area contributed by atoms with Gasteiger partial charge >= 0.3 is 0 Å². The molecule has 3 atom stereocenters. The monoisotopic (exact) mass is 436 g/mol. The molecular weight excluding hydrogens is 384 g/mol. The van der Waals surface area contributed by atoms with Gasteiger partial charge < -0.3 is 4.43 Å². The van der Waals surface area contributed by atoms with Crippen molar-refractivity contribution in [3.05, 3.63) is 23.3 Å². The minimum atomic E-state index is -1.77. The lowest BCUT2D eigenvalue weighted by Gasteiger charge is -2.39. The highest BCUT2D eigenvalue weighted by atomic mass is 28.4. The van der Waals surface area contributed by atoms with E-state index in [2.05, 4.69) is 67.5 Å². The molecule has 0 aromatic heterocycles. The van der Waals surface area contributed by atoms with Gasteiger partial charge in [0.15, 0.2) is 8.32 Å². The summed E-state index contributed by atoms with van der Waals surface area (Å²) in [4.78, 5) is 12.8. The van der Waals surface area contributed by atoms with Crippen molar-refractivity contribution in [3.63, 3.8) is 0 Å². The summed E-state index contributed by atoms with van der Waals surface area (Å²) in [7, 11) is -1.77. The maximum atomic E-state index is 12.8. The van der Waals surface area contributed by atoms with Crippen molar-refractivity contribution in [1.29, 1.82) is 0 Å². The molecule has 0 aromatic carbocycles. The molecule has 0 aromatic rings. The molecule has 0 bridgehead atoms. The van der Waals surface area contributed by atoms with Crippen molar-refractivity contribution in [2.75, 3.05) is 0 Å². The van der Waals surface area contributed by atoms with Gasteiger partial charge in [0.2, 0.25) is 0 Å². The van der Waals surface area contributed by atoms with E-state index in [0.717, 1.165) is 56.7 Å². The highest BCUT2D eigenvalue weighted by Crippen LogP contribution is 2.34. The molecule has 0 rings (SSSR count). The number of carbonyl (C=O) groups excluding carboxylic acids is 1. The van der Waals surface area contributed by atoms with E-state index in [-0.39, 0.29) is 12.0 Å². The standard InChI is InChI=1S/C27H52O2Si/c1-10-23(11-2)19-18-20-24(12-3)21-22(9)27(25(13-4)26(28)14-5)29-30(15-6,16-7)17-8/h10,20,22,25,27H,11-19,21H2,1-9H3/b23-10+,24-20+/t22-,25-,27-/m0/s1. The van der Waals surface area contributed by atoms with Gasteiger partial charge in [0.05, 0.1) is 6.10 Å². The third kappa shape index (κ3) is 9.22. The molecule has 0 unspecified atom stereocenters. The summed E-state index contributed by atoms with van der Waals surface area (Å²) >= 11 is 0. The lowest BCUT2D eigenvalue weighted by Crippen LogP contribution is -2.46. The number of rotatable bonds is 17. The van der Waals surface area contributed by atoms with Gasteiger partial charge in [-0.2, -0.15) is 0 Å². The second kappa shape index (κ2) is 16.0. The first kappa shape index (κ1) is 29.3. The van der Waals surface area contributed by atoms with Crippen molar-refractivity contribution in [2.24, 2.45) is 11.8 Å². The summed E-state index contributed by atoms with van der Waals surface area (Å²) in [6, 6.07) is 3.42. The minimum Gasteiger partial charge on any atom is -0.413 e. The first-order valence-electron chi connectivity index (χ1n) is 12.8. The van der Waals surface area contributed by atoms with Crippen molar-refractivity contribution in [1.82, 2.24) is 0 Å². The van der Waals surface area contributed by atoms with Crippen molar-refractivity contribution < 1.29 is 9.22 Å². The van der Waals surface area contributed by atoms with E-state index in [1.54, 1.807) is 5.57 Å². The second-order valence-corrected chi connectivity index (χ2v) is 13.6. The normalized spacial score (nSPS) is 16.4.